The van der Waals surface area contributed by atoms with Gasteiger partial charge in [0.05, 0.1) is 59.0 Å². The van der Waals surface area contributed by atoms with E-state index in [1.165, 1.54) is 6.92 Å². The minimum absolute atomic E-state index is 0.00985. The molecule has 8 nitrogen and oxygen atoms in total. The van der Waals surface area contributed by atoms with Crippen LogP contribution in [0, 0.1) is 5.92 Å². The summed E-state index contributed by atoms with van der Waals surface area (Å²) in [7, 11) is 0. The summed E-state index contributed by atoms with van der Waals surface area (Å²) in [6.45, 7) is 17.5. The maximum Gasteiger partial charge on any atom is 0.303 e. The van der Waals surface area contributed by atoms with Gasteiger partial charge in [-0.25, -0.2) is 0 Å². The van der Waals surface area contributed by atoms with Gasteiger partial charge in [-0.2, -0.15) is 0 Å². The molecule has 4 aliphatic heterocycles. The van der Waals surface area contributed by atoms with Crippen molar-refractivity contribution in [3.8, 4) is 0 Å². The van der Waals surface area contributed by atoms with Gasteiger partial charge in [0.1, 0.15) is 5.60 Å². The largest absolute Gasteiger partial charge is 0.457 e. The third kappa shape index (κ3) is 7.18. The lowest BCUT2D eigenvalue weighted by atomic mass is 9.76. The van der Waals surface area contributed by atoms with E-state index in [9.17, 15) is 15.0 Å². The smallest absolute Gasteiger partial charge is 0.303 e. The summed E-state index contributed by atoms with van der Waals surface area (Å²) in [5.41, 5.74) is -3.23. The zero-order chi connectivity index (χ0) is 30.6. The first-order valence-electron chi connectivity index (χ1n) is 15.7. The van der Waals surface area contributed by atoms with Crippen LogP contribution in [-0.2, 0) is 28.5 Å². The number of halogens is 1. The summed E-state index contributed by atoms with van der Waals surface area (Å²) < 4.78 is 31.7. The fourth-order valence-electron chi connectivity index (χ4n) is 7.69. The van der Waals surface area contributed by atoms with Gasteiger partial charge in [-0.3, -0.25) is 4.79 Å². The predicted octanol–water partition coefficient (Wildman–Crippen LogP) is 5.61. The fraction of sp³-hybridized carbons (Fsp3) is 0.969. The average molecular weight is 648 g/mol. The Balaban J connectivity index is 1.31. The van der Waals surface area contributed by atoms with Crippen molar-refractivity contribution in [3.63, 3.8) is 0 Å². The van der Waals surface area contributed by atoms with Crippen LogP contribution in [0.4, 0.5) is 0 Å². The first kappa shape index (κ1) is 33.6. The van der Waals surface area contributed by atoms with Gasteiger partial charge >= 0.3 is 5.97 Å². The molecule has 4 saturated heterocycles. The zero-order valence-electron chi connectivity index (χ0n) is 26.7. The molecule has 0 aromatic carbocycles. The van der Waals surface area contributed by atoms with E-state index in [0.29, 0.717) is 36.9 Å². The molecular weight excluding hydrogens is 592 g/mol. The van der Waals surface area contributed by atoms with Crippen LogP contribution in [-0.4, -0.2) is 85.6 Å². The summed E-state index contributed by atoms with van der Waals surface area (Å²) in [6, 6.07) is 0. The van der Waals surface area contributed by atoms with Gasteiger partial charge in [-0.15, -0.1) is 0 Å². The molecule has 0 aromatic heterocycles. The molecule has 0 bridgehead atoms. The van der Waals surface area contributed by atoms with Crippen molar-refractivity contribution in [2.45, 2.75) is 190 Å². The molecule has 4 heterocycles. The summed E-state index contributed by atoms with van der Waals surface area (Å²) >= 11 is 3.79. The molecule has 4 rings (SSSR count). The molecular formula is C32H55BrO8. The van der Waals surface area contributed by atoms with Crippen molar-refractivity contribution in [2.75, 3.05) is 0 Å². The van der Waals surface area contributed by atoms with Crippen molar-refractivity contribution in [3.05, 3.63) is 0 Å². The van der Waals surface area contributed by atoms with Crippen LogP contribution in [0.2, 0.25) is 0 Å². The number of esters is 1. The molecule has 0 saturated carbocycles. The van der Waals surface area contributed by atoms with E-state index in [-0.39, 0.29) is 53.6 Å². The molecule has 4 unspecified atom stereocenters. The number of carbonyl (C=O) groups is 1. The van der Waals surface area contributed by atoms with E-state index in [1.807, 2.05) is 27.7 Å². The van der Waals surface area contributed by atoms with E-state index in [4.69, 9.17) is 23.7 Å². The molecule has 11 atom stereocenters. The standard InChI is InChI=1S/C32H55BrO8/c1-19-18-26(32(9)16-12-22(33)28(3,4)41-32)37-21-10-11-25(38-27(19)21)30(7,36)15-13-23(35)31(8)17-14-24(40-31)29(5,6)39-20(2)34/h19,21-27,35-36H,10-18H2,1-9H3/t19-,21+,22-,23?,24+,25?,26+,27?,30?,31+,32+/m1/s1. The lowest BCUT2D eigenvalue weighted by Crippen LogP contribution is -2.62. The minimum atomic E-state index is -1.10. The van der Waals surface area contributed by atoms with Crippen LogP contribution in [0.1, 0.15) is 120 Å². The van der Waals surface area contributed by atoms with Crippen molar-refractivity contribution < 1.29 is 38.7 Å². The third-order valence-electron chi connectivity index (χ3n) is 10.5. The van der Waals surface area contributed by atoms with E-state index in [1.54, 1.807) is 0 Å². The molecule has 4 aliphatic rings. The Morgan fingerprint density at radius 3 is 2.37 bits per heavy atom. The summed E-state index contributed by atoms with van der Waals surface area (Å²) in [5.74, 6) is -0.0727. The molecule has 2 N–H and O–H groups in total. The number of carbonyl (C=O) groups excluding carboxylic acids is 1. The average Bonchev–Trinajstić information content (AvgIpc) is 3.28. The van der Waals surface area contributed by atoms with Gasteiger partial charge in [0.25, 0.3) is 0 Å². The van der Waals surface area contributed by atoms with Crippen LogP contribution < -0.4 is 0 Å². The second kappa shape index (κ2) is 11.9. The monoisotopic (exact) mass is 646 g/mol. The first-order valence-corrected chi connectivity index (χ1v) is 16.6. The Kier molecular flexibility index (Phi) is 9.75. The second-order valence-corrected chi connectivity index (χ2v) is 16.2. The Bertz CT molecular complexity index is 939. The van der Waals surface area contributed by atoms with E-state index < -0.39 is 22.9 Å². The summed E-state index contributed by atoms with van der Waals surface area (Å²) in [6.07, 6.45) is 5.01. The number of hydrogen-bond donors (Lipinski definition) is 2. The molecule has 0 spiro atoms. The zero-order valence-corrected chi connectivity index (χ0v) is 28.3. The molecule has 0 amide bonds. The Morgan fingerprint density at radius 2 is 1.73 bits per heavy atom. The van der Waals surface area contributed by atoms with Crippen molar-refractivity contribution >= 4 is 21.9 Å². The molecule has 4 fully saturated rings. The first-order chi connectivity index (χ1) is 18.8. The fourth-order valence-corrected chi connectivity index (χ4v) is 8.01. The Hall–Kier alpha value is -0.290. The van der Waals surface area contributed by atoms with Gasteiger partial charge in [-0.1, -0.05) is 22.9 Å². The van der Waals surface area contributed by atoms with Gasteiger partial charge in [-0.05, 0) is 112 Å². The van der Waals surface area contributed by atoms with Crippen molar-refractivity contribution in [2.24, 2.45) is 5.92 Å². The number of alkyl halides is 1. The van der Waals surface area contributed by atoms with Crippen LogP contribution >= 0.6 is 15.9 Å². The van der Waals surface area contributed by atoms with Gasteiger partial charge in [0, 0.05) is 11.8 Å². The lowest BCUT2D eigenvalue weighted by Gasteiger charge is -2.55. The summed E-state index contributed by atoms with van der Waals surface area (Å²) in [5, 5.41) is 22.7. The highest BCUT2D eigenvalue weighted by Crippen LogP contribution is 2.47. The number of hydrogen-bond acceptors (Lipinski definition) is 8. The number of rotatable bonds is 8. The summed E-state index contributed by atoms with van der Waals surface area (Å²) in [4.78, 5) is 11.9. The number of fused-ring (bicyclic) bond motifs is 1. The highest BCUT2D eigenvalue weighted by molar-refractivity contribution is 9.09. The van der Waals surface area contributed by atoms with E-state index in [0.717, 1.165) is 25.7 Å². The number of ether oxygens (including phenoxy) is 5. The van der Waals surface area contributed by atoms with Crippen LogP contribution in [0.25, 0.3) is 0 Å². The second-order valence-electron chi connectivity index (χ2n) is 15.1. The number of aliphatic hydroxyl groups excluding tert-OH is 1. The maximum absolute atomic E-state index is 11.6. The van der Waals surface area contributed by atoms with Crippen LogP contribution in [0.15, 0.2) is 0 Å². The molecule has 9 heteroatoms. The minimum Gasteiger partial charge on any atom is -0.457 e. The topological polar surface area (TPSA) is 104 Å². The highest BCUT2D eigenvalue weighted by atomic mass is 79.9. The highest BCUT2D eigenvalue weighted by Gasteiger charge is 2.54. The van der Waals surface area contributed by atoms with E-state index >= 15 is 0 Å². The van der Waals surface area contributed by atoms with Crippen LogP contribution in [0.5, 0.6) is 0 Å². The number of aliphatic hydroxyl groups is 2. The van der Waals surface area contributed by atoms with Crippen LogP contribution in [0.3, 0.4) is 0 Å². The Morgan fingerprint density at radius 1 is 1.05 bits per heavy atom. The normalized spacial score (nSPS) is 43.6. The molecule has 0 aliphatic carbocycles. The molecule has 0 radical (unpaired) electrons. The van der Waals surface area contributed by atoms with Crippen molar-refractivity contribution in [1.82, 2.24) is 0 Å². The van der Waals surface area contributed by atoms with Gasteiger partial charge in [0.15, 0.2) is 0 Å². The molecule has 41 heavy (non-hydrogen) atoms. The quantitative estimate of drug-likeness (QED) is 0.259. The van der Waals surface area contributed by atoms with Gasteiger partial charge in [0.2, 0.25) is 0 Å². The van der Waals surface area contributed by atoms with Gasteiger partial charge < -0.3 is 33.9 Å². The third-order valence-corrected chi connectivity index (χ3v) is 12.1. The predicted molar refractivity (Wildman–Crippen MR) is 160 cm³/mol. The van der Waals surface area contributed by atoms with Crippen molar-refractivity contribution in [1.29, 1.82) is 0 Å². The molecule has 238 valence electrons. The van der Waals surface area contributed by atoms with E-state index in [2.05, 4.69) is 43.6 Å². The SMILES string of the molecule is CC(=O)OC(C)(C)[C@@H]1CC[C@@](C)(C(O)CCC(C)(O)C2CC[C@@H]3O[C@H]([C@]4(C)CC[C@@H](Br)C(C)(C)O4)C[C@@H](C)C3O2)O1. The maximum atomic E-state index is 11.6. The lowest BCUT2D eigenvalue weighted by molar-refractivity contribution is -0.285. The Labute approximate surface area is 255 Å². The molecule has 0 aromatic rings.